The van der Waals surface area contributed by atoms with E-state index in [2.05, 4.69) is 41.5 Å². The van der Waals surface area contributed by atoms with Gasteiger partial charge in [-0.1, -0.05) is 6.07 Å². The molecule has 0 spiro atoms. The minimum atomic E-state index is -1.22. The molecule has 0 unspecified atom stereocenters. The summed E-state index contributed by atoms with van der Waals surface area (Å²) in [5.41, 5.74) is 1.61. The highest BCUT2D eigenvalue weighted by atomic mass is 32.1. The molecule has 0 bridgehead atoms. The number of carbonyl (C=O) groups is 1. The predicted molar refractivity (Wildman–Crippen MR) is 105 cm³/mol. The SMILES string of the molecule is O=C([O-])NCCN1CCC(Nc2nc3cncnc3n2Cc2cccs2)CC1. The number of hydrogen-bond acceptors (Lipinski definition) is 8. The van der Waals surface area contributed by atoms with Gasteiger partial charge in [0.15, 0.2) is 5.65 Å². The number of imidazole rings is 1. The molecule has 4 heterocycles. The van der Waals surface area contributed by atoms with Gasteiger partial charge in [-0.25, -0.2) is 15.0 Å². The van der Waals surface area contributed by atoms with E-state index in [4.69, 9.17) is 4.98 Å². The van der Waals surface area contributed by atoms with E-state index in [1.807, 2.05) is 6.07 Å². The zero-order valence-electron chi connectivity index (χ0n) is 15.4. The summed E-state index contributed by atoms with van der Waals surface area (Å²) < 4.78 is 2.11. The van der Waals surface area contributed by atoms with E-state index in [0.29, 0.717) is 19.1 Å². The quantitative estimate of drug-likeness (QED) is 0.602. The van der Waals surface area contributed by atoms with E-state index in [1.54, 1.807) is 23.9 Å². The van der Waals surface area contributed by atoms with E-state index in [9.17, 15) is 9.90 Å². The second-order valence-electron chi connectivity index (χ2n) is 6.81. The third-order valence-electron chi connectivity index (χ3n) is 4.92. The highest BCUT2D eigenvalue weighted by molar-refractivity contribution is 7.09. The molecule has 1 fully saturated rings. The lowest BCUT2D eigenvalue weighted by molar-refractivity contribution is -0.250. The van der Waals surface area contributed by atoms with Crippen LogP contribution in [0.25, 0.3) is 11.2 Å². The summed E-state index contributed by atoms with van der Waals surface area (Å²) in [5.74, 6) is 0.820. The average Bonchev–Trinajstić information content (AvgIpc) is 3.32. The van der Waals surface area contributed by atoms with Crippen molar-refractivity contribution in [2.24, 2.45) is 0 Å². The number of carbonyl (C=O) groups excluding carboxylic acids is 1. The molecule has 0 saturated carbocycles. The number of aromatic nitrogens is 4. The summed E-state index contributed by atoms with van der Waals surface area (Å²) in [5, 5.41) is 18.4. The third kappa shape index (κ3) is 4.39. The average molecular weight is 400 g/mol. The van der Waals surface area contributed by atoms with Gasteiger partial charge < -0.3 is 25.4 Å². The Bertz CT molecular complexity index is 919. The van der Waals surface area contributed by atoms with Gasteiger partial charge in [0.05, 0.1) is 12.7 Å². The van der Waals surface area contributed by atoms with Crippen molar-refractivity contribution in [1.29, 1.82) is 0 Å². The zero-order chi connectivity index (χ0) is 19.3. The molecule has 10 heteroatoms. The fourth-order valence-electron chi connectivity index (χ4n) is 3.50. The minimum Gasteiger partial charge on any atom is -0.530 e. The molecule has 0 aromatic carbocycles. The van der Waals surface area contributed by atoms with Crippen LogP contribution in [0.15, 0.2) is 30.0 Å². The maximum atomic E-state index is 10.4. The normalized spacial score (nSPS) is 15.7. The maximum Gasteiger partial charge on any atom is 0.205 e. The number of amides is 1. The summed E-state index contributed by atoms with van der Waals surface area (Å²) in [6.45, 7) is 3.65. The Hall–Kier alpha value is -2.72. The second-order valence-corrected chi connectivity index (χ2v) is 7.84. The Morgan fingerprint density at radius 1 is 1.36 bits per heavy atom. The van der Waals surface area contributed by atoms with Gasteiger partial charge in [0, 0.05) is 37.1 Å². The number of likely N-dealkylation sites (tertiary alicyclic amines) is 1. The Balaban J connectivity index is 1.41. The molecule has 1 aliphatic heterocycles. The molecule has 9 nitrogen and oxygen atoms in total. The van der Waals surface area contributed by atoms with Crippen LogP contribution in [0.3, 0.4) is 0 Å². The highest BCUT2D eigenvalue weighted by Gasteiger charge is 2.21. The molecule has 0 radical (unpaired) electrons. The molecule has 3 aromatic heterocycles. The molecule has 1 saturated heterocycles. The lowest BCUT2D eigenvalue weighted by Crippen LogP contribution is -2.45. The van der Waals surface area contributed by atoms with Gasteiger partial charge in [0.2, 0.25) is 5.95 Å². The van der Waals surface area contributed by atoms with Crippen molar-refractivity contribution >= 4 is 34.5 Å². The Morgan fingerprint density at radius 3 is 2.96 bits per heavy atom. The van der Waals surface area contributed by atoms with Crippen molar-refractivity contribution < 1.29 is 9.90 Å². The molecule has 1 aliphatic rings. The van der Waals surface area contributed by atoms with Crippen molar-refractivity contribution in [3.63, 3.8) is 0 Å². The van der Waals surface area contributed by atoms with Gasteiger partial charge in [-0.3, -0.25) is 4.57 Å². The Labute approximate surface area is 166 Å². The number of nitrogens with zero attached hydrogens (tertiary/aromatic N) is 5. The van der Waals surface area contributed by atoms with E-state index in [-0.39, 0.29) is 0 Å². The van der Waals surface area contributed by atoms with Crippen LogP contribution < -0.4 is 15.7 Å². The lowest BCUT2D eigenvalue weighted by Gasteiger charge is -2.32. The van der Waals surface area contributed by atoms with E-state index < -0.39 is 6.09 Å². The van der Waals surface area contributed by atoms with E-state index >= 15 is 0 Å². The van der Waals surface area contributed by atoms with E-state index in [1.165, 1.54) is 4.88 Å². The molecule has 4 rings (SSSR count). The first kappa shape index (κ1) is 18.6. The summed E-state index contributed by atoms with van der Waals surface area (Å²) in [4.78, 5) is 27.2. The molecule has 3 aromatic rings. The molecular formula is C18H22N7O2S-. The number of carboxylic acid groups (broad SMARTS) is 1. The van der Waals surface area contributed by atoms with Gasteiger partial charge in [-0.15, -0.1) is 11.3 Å². The van der Waals surface area contributed by atoms with Crippen LogP contribution in [-0.2, 0) is 6.54 Å². The number of rotatable bonds is 7. The molecule has 148 valence electrons. The lowest BCUT2D eigenvalue weighted by atomic mass is 10.1. The van der Waals surface area contributed by atoms with Crippen molar-refractivity contribution in [1.82, 2.24) is 29.7 Å². The second kappa shape index (κ2) is 8.53. The van der Waals surface area contributed by atoms with E-state index in [0.717, 1.165) is 49.6 Å². The van der Waals surface area contributed by atoms with Crippen LogP contribution in [0.5, 0.6) is 0 Å². The smallest absolute Gasteiger partial charge is 0.205 e. The number of anilines is 1. The van der Waals surface area contributed by atoms with Gasteiger partial charge in [-0.05, 0) is 24.3 Å². The van der Waals surface area contributed by atoms with Crippen LogP contribution in [0.1, 0.15) is 17.7 Å². The van der Waals surface area contributed by atoms with Gasteiger partial charge >= 0.3 is 0 Å². The van der Waals surface area contributed by atoms with Gasteiger partial charge in [0.1, 0.15) is 17.9 Å². The molecular weight excluding hydrogens is 378 g/mol. The molecule has 0 atom stereocenters. The number of fused-ring (bicyclic) bond motifs is 1. The van der Waals surface area contributed by atoms with Crippen molar-refractivity contribution in [3.05, 3.63) is 34.9 Å². The molecule has 0 aliphatic carbocycles. The monoisotopic (exact) mass is 400 g/mol. The van der Waals surface area contributed by atoms with Gasteiger partial charge in [0.25, 0.3) is 0 Å². The van der Waals surface area contributed by atoms with Crippen LogP contribution in [0.2, 0.25) is 0 Å². The van der Waals surface area contributed by atoms with Crippen molar-refractivity contribution in [2.45, 2.75) is 25.4 Å². The minimum absolute atomic E-state index is 0.317. The van der Waals surface area contributed by atoms with Gasteiger partial charge in [-0.2, -0.15) is 0 Å². The van der Waals surface area contributed by atoms with Crippen LogP contribution >= 0.6 is 11.3 Å². The highest BCUT2D eigenvalue weighted by Crippen LogP contribution is 2.23. The first-order valence-electron chi connectivity index (χ1n) is 9.31. The third-order valence-corrected chi connectivity index (χ3v) is 5.78. The number of thiophene rings is 1. The van der Waals surface area contributed by atoms with Crippen LogP contribution in [0.4, 0.5) is 10.7 Å². The molecule has 1 amide bonds. The maximum absolute atomic E-state index is 10.4. The van der Waals surface area contributed by atoms with Crippen molar-refractivity contribution in [2.75, 3.05) is 31.5 Å². The summed E-state index contributed by atoms with van der Waals surface area (Å²) in [6, 6.07) is 4.48. The fourth-order valence-corrected chi connectivity index (χ4v) is 4.19. The number of nitrogens with one attached hydrogen (secondary N) is 2. The topological polar surface area (TPSA) is 111 Å². The van der Waals surface area contributed by atoms with Crippen molar-refractivity contribution in [3.8, 4) is 0 Å². The summed E-state index contributed by atoms with van der Waals surface area (Å²) in [6.07, 6.45) is 4.02. The van der Waals surface area contributed by atoms with Crippen LogP contribution in [-0.4, -0.2) is 62.7 Å². The fraction of sp³-hybridized carbons (Fsp3) is 0.444. The molecule has 2 N–H and O–H groups in total. The summed E-state index contributed by atoms with van der Waals surface area (Å²) >= 11 is 1.72. The number of piperidine rings is 1. The van der Waals surface area contributed by atoms with Crippen LogP contribution in [0, 0.1) is 0 Å². The standard InChI is InChI=1S/C18H23N7O2S/c26-18(27)20-5-8-24-6-3-13(4-7-24)22-17-23-15-10-19-12-21-16(15)25(17)11-14-2-1-9-28-14/h1-2,9-10,12-13,20H,3-8,11H2,(H,22,23)(H,26,27)/p-1. The summed E-state index contributed by atoms with van der Waals surface area (Å²) in [7, 11) is 0. The first-order chi connectivity index (χ1) is 13.7. The Morgan fingerprint density at radius 2 is 2.21 bits per heavy atom. The number of hydrogen-bond donors (Lipinski definition) is 2. The zero-order valence-corrected chi connectivity index (χ0v) is 16.2. The predicted octanol–water partition coefficient (Wildman–Crippen LogP) is 0.745. The Kier molecular flexibility index (Phi) is 5.68. The molecule has 28 heavy (non-hydrogen) atoms. The first-order valence-corrected chi connectivity index (χ1v) is 10.2. The largest absolute Gasteiger partial charge is 0.530 e.